The number of likely N-dealkylation sites (tertiary alicyclic amines) is 1. The van der Waals surface area contributed by atoms with Crippen molar-refractivity contribution in [1.29, 1.82) is 0 Å². The van der Waals surface area contributed by atoms with E-state index in [2.05, 4.69) is 0 Å². The minimum Gasteiger partial charge on any atom is -0.457 e. The summed E-state index contributed by atoms with van der Waals surface area (Å²) in [7, 11) is 3.51. The van der Waals surface area contributed by atoms with Crippen LogP contribution in [0.15, 0.2) is 54.6 Å². The number of carbonyl (C=O) groups excluding carboxylic acids is 2. The van der Waals surface area contributed by atoms with Crippen LogP contribution in [0.4, 0.5) is 0 Å². The Morgan fingerprint density at radius 2 is 1.76 bits per heavy atom. The number of amides is 2. The fraction of sp³-hybridized carbons (Fsp3) is 0.300. The SMILES string of the molecule is CN1C[C@H](C(=O)N(C)Cc2ccc(Oc3ccccc3)cc2)CC1=O. The van der Waals surface area contributed by atoms with E-state index in [4.69, 9.17) is 4.74 Å². The third-order valence-corrected chi connectivity index (χ3v) is 4.39. The van der Waals surface area contributed by atoms with Crippen LogP contribution in [0.1, 0.15) is 12.0 Å². The van der Waals surface area contributed by atoms with Crippen molar-refractivity contribution >= 4 is 11.8 Å². The summed E-state index contributed by atoms with van der Waals surface area (Å²) in [5, 5.41) is 0. The van der Waals surface area contributed by atoms with Crippen molar-refractivity contribution in [1.82, 2.24) is 9.80 Å². The number of hydrogen-bond acceptors (Lipinski definition) is 3. The molecule has 2 aromatic carbocycles. The van der Waals surface area contributed by atoms with E-state index in [1.807, 2.05) is 54.6 Å². The first-order chi connectivity index (χ1) is 12.0. The molecule has 3 rings (SSSR count). The van der Waals surface area contributed by atoms with Gasteiger partial charge in [-0.3, -0.25) is 9.59 Å². The standard InChI is InChI=1S/C20H22N2O3/c1-21-14-16(12-19(21)23)20(24)22(2)13-15-8-10-18(11-9-15)25-17-6-4-3-5-7-17/h3-11,16H,12-14H2,1-2H3/t16-/m1/s1. The molecule has 0 spiro atoms. The molecule has 0 aliphatic carbocycles. The molecule has 0 radical (unpaired) electrons. The van der Waals surface area contributed by atoms with Gasteiger partial charge in [-0.2, -0.15) is 0 Å². The predicted octanol–water partition coefficient (Wildman–Crippen LogP) is 2.92. The molecule has 0 N–H and O–H groups in total. The summed E-state index contributed by atoms with van der Waals surface area (Å²) in [6, 6.07) is 17.3. The van der Waals surface area contributed by atoms with Crippen LogP contribution >= 0.6 is 0 Å². The molecule has 0 aromatic heterocycles. The normalized spacial score (nSPS) is 16.8. The second-order valence-corrected chi connectivity index (χ2v) is 6.43. The van der Waals surface area contributed by atoms with Gasteiger partial charge in [-0.05, 0) is 29.8 Å². The second-order valence-electron chi connectivity index (χ2n) is 6.43. The Balaban J connectivity index is 1.57. The maximum absolute atomic E-state index is 12.5. The van der Waals surface area contributed by atoms with E-state index in [0.29, 0.717) is 19.5 Å². The van der Waals surface area contributed by atoms with Crippen LogP contribution in [-0.4, -0.2) is 42.3 Å². The van der Waals surface area contributed by atoms with E-state index >= 15 is 0 Å². The summed E-state index contributed by atoms with van der Waals surface area (Å²) in [5.74, 6) is 1.36. The summed E-state index contributed by atoms with van der Waals surface area (Å²) < 4.78 is 5.77. The summed E-state index contributed by atoms with van der Waals surface area (Å²) in [6.45, 7) is 1.02. The van der Waals surface area contributed by atoms with Gasteiger partial charge in [0.05, 0.1) is 5.92 Å². The van der Waals surface area contributed by atoms with Gasteiger partial charge >= 0.3 is 0 Å². The molecule has 130 valence electrons. The Morgan fingerprint density at radius 3 is 2.36 bits per heavy atom. The van der Waals surface area contributed by atoms with Gasteiger partial charge in [0.15, 0.2) is 0 Å². The molecule has 1 atom stereocenters. The zero-order valence-corrected chi connectivity index (χ0v) is 14.5. The largest absolute Gasteiger partial charge is 0.457 e. The number of nitrogens with zero attached hydrogens (tertiary/aromatic N) is 2. The van der Waals surface area contributed by atoms with Crippen molar-refractivity contribution in [2.24, 2.45) is 5.92 Å². The Morgan fingerprint density at radius 1 is 1.12 bits per heavy atom. The zero-order chi connectivity index (χ0) is 17.8. The molecule has 1 aliphatic rings. The highest BCUT2D eigenvalue weighted by atomic mass is 16.5. The van der Waals surface area contributed by atoms with Crippen LogP contribution in [-0.2, 0) is 16.1 Å². The lowest BCUT2D eigenvalue weighted by Crippen LogP contribution is -2.33. The summed E-state index contributed by atoms with van der Waals surface area (Å²) in [4.78, 5) is 27.4. The molecule has 2 aromatic rings. The third-order valence-electron chi connectivity index (χ3n) is 4.39. The monoisotopic (exact) mass is 338 g/mol. The number of carbonyl (C=O) groups is 2. The first kappa shape index (κ1) is 17.0. The molecule has 1 aliphatic heterocycles. The first-order valence-corrected chi connectivity index (χ1v) is 8.33. The van der Waals surface area contributed by atoms with Crippen molar-refractivity contribution in [3.63, 3.8) is 0 Å². The van der Waals surface area contributed by atoms with Gasteiger partial charge in [0.1, 0.15) is 11.5 Å². The number of hydrogen-bond donors (Lipinski definition) is 0. The molecule has 1 fully saturated rings. The van der Waals surface area contributed by atoms with Crippen LogP contribution in [0.3, 0.4) is 0 Å². The highest BCUT2D eigenvalue weighted by Gasteiger charge is 2.33. The van der Waals surface area contributed by atoms with E-state index in [1.165, 1.54) is 0 Å². The molecule has 25 heavy (non-hydrogen) atoms. The van der Waals surface area contributed by atoms with E-state index in [9.17, 15) is 9.59 Å². The fourth-order valence-electron chi connectivity index (χ4n) is 2.98. The molecule has 1 saturated heterocycles. The molecule has 0 bridgehead atoms. The minimum atomic E-state index is -0.233. The molecule has 0 saturated carbocycles. The van der Waals surface area contributed by atoms with Crippen LogP contribution in [0.2, 0.25) is 0 Å². The zero-order valence-electron chi connectivity index (χ0n) is 14.5. The van der Waals surface area contributed by atoms with Crippen molar-refractivity contribution in [2.45, 2.75) is 13.0 Å². The van der Waals surface area contributed by atoms with Gasteiger partial charge in [-0.25, -0.2) is 0 Å². The Labute approximate surface area is 147 Å². The summed E-state index contributed by atoms with van der Waals surface area (Å²) >= 11 is 0. The maximum Gasteiger partial charge on any atom is 0.228 e. The van der Waals surface area contributed by atoms with Crippen molar-refractivity contribution in [2.75, 3.05) is 20.6 Å². The van der Waals surface area contributed by atoms with Crippen molar-refractivity contribution in [3.05, 3.63) is 60.2 Å². The summed E-state index contributed by atoms with van der Waals surface area (Å²) in [5.41, 5.74) is 1.02. The molecule has 5 nitrogen and oxygen atoms in total. The lowest BCUT2D eigenvalue weighted by atomic mass is 10.1. The van der Waals surface area contributed by atoms with Crippen LogP contribution in [0.5, 0.6) is 11.5 Å². The number of ether oxygens (including phenoxy) is 1. The Bertz CT molecular complexity index is 743. The summed E-state index contributed by atoms with van der Waals surface area (Å²) in [6.07, 6.45) is 0.309. The van der Waals surface area contributed by atoms with Crippen LogP contribution in [0.25, 0.3) is 0 Å². The van der Waals surface area contributed by atoms with E-state index in [0.717, 1.165) is 17.1 Å². The second kappa shape index (κ2) is 7.38. The Kier molecular flexibility index (Phi) is 5.03. The van der Waals surface area contributed by atoms with Gasteiger partial charge < -0.3 is 14.5 Å². The van der Waals surface area contributed by atoms with Crippen LogP contribution in [0, 0.1) is 5.92 Å². The molecule has 2 amide bonds. The molecular formula is C20H22N2O3. The van der Waals surface area contributed by atoms with Crippen molar-refractivity contribution < 1.29 is 14.3 Å². The van der Waals surface area contributed by atoms with Gasteiger partial charge in [0.25, 0.3) is 0 Å². The molecular weight excluding hydrogens is 316 g/mol. The topological polar surface area (TPSA) is 49.9 Å². The highest BCUT2D eigenvalue weighted by molar-refractivity contribution is 5.89. The van der Waals surface area contributed by atoms with Gasteiger partial charge in [-0.15, -0.1) is 0 Å². The number of rotatable bonds is 5. The van der Waals surface area contributed by atoms with Gasteiger partial charge in [0, 0.05) is 33.6 Å². The third kappa shape index (κ3) is 4.18. The van der Waals surface area contributed by atoms with E-state index in [-0.39, 0.29) is 17.7 Å². The average molecular weight is 338 g/mol. The van der Waals surface area contributed by atoms with Crippen LogP contribution < -0.4 is 4.74 Å². The van der Waals surface area contributed by atoms with Gasteiger partial charge in [0.2, 0.25) is 11.8 Å². The molecule has 1 heterocycles. The predicted molar refractivity (Wildman–Crippen MR) is 95.2 cm³/mol. The number of para-hydroxylation sites is 1. The average Bonchev–Trinajstić information content (AvgIpc) is 2.96. The first-order valence-electron chi connectivity index (χ1n) is 8.33. The fourth-order valence-corrected chi connectivity index (χ4v) is 2.98. The van der Waals surface area contributed by atoms with E-state index < -0.39 is 0 Å². The van der Waals surface area contributed by atoms with E-state index in [1.54, 1.807) is 23.9 Å². The minimum absolute atomic E-state index is 0.0160. The Hall–Kier alpha value is -2.82. The lowest BCUT2D eigenvalue weighted by molar-refractivity contribution is -0.135. The highest BCUT2D eigenvalue weighted by Crippen LogP contribution is 2.22. The molecule has 0 unspecified atom stereocenters. The quantitative estimate of drug-likeness (QED) is 0.842. The number of benzene rings is 2. The van der Waals surface area contributed by atoms with Gasteiger partial charge in [-0.1, -0.05) is 30.3 Å². The lowest BCUT2D eigenvalue weighted by Gasteiger charge is -2.21. The smallest absolute Gasteiger partial charge is 0.228 e. The maximum atomic E-state index is 12.5. The van der Waals surface area contributed by atoms with Crippen molar-refractivity contribution in [3.8, 4) is 11.5 Å². The molecule has 5 heteroatoms.